The maximum absolute atomic E-state index is 12.3. The van der Waals surface area contributed by atoms with Crippen LogP contribution in [0, 0.1) is 9.49 Å². The first-order chi connectivity index (χ1) is 10.5. The molecule has 4 amide bonds. The summed E-state index contributed by atoms with van der Waals surface area (Å²) in [5.41, 5.74) is -0.233. The molecule has 2 aliphatic rings. The summed E-state index contributed by atoms with van der Waals surface area (Å²) < 4.78 is 0.880. The van der Waals surface area contributed by atoms with Crippen molar-refractivity contribution in [2.24, 2.45) is 5.92 Å². The predicted octanol–water partition coefficient (Wildman–Crippen LogP) is 1.40. The number of nitrogens with one attached hydrogen (secondary N) is 3. The van der Waals surface area contributed by atoms with Gasteiger partial charge in [0.05, 0.1) is 5.56 Å². The Labute approximate surface area is 141 Å². The highest BCUT2D eigenvalue weighted by Gasteiger charge is 2.54. The van der Waals surface area contributed by atoms with E-state index in [2.05, 4.69) is 38.5 Å². The quantitative estimate of drug-likeness (QED) is 0.517. The Morgan fingerprint density at radius 3 is 2.82 bits per heavy atom. The van der Waals surface area contributed by atoms with Crippen LogP contribution in [0.25, 0.3) is 0 Å². The lowest BCUT2D eigenvalue weighted by Gasteiger charge is -2.28. The fourth-order valence-corrected chi connectivity index (χ4v) is 3.91. The van der Waals surface area contributed by atoms with Crippen molar-refractivity contribution in [1.82, 2.24) is 16.0 Å². The van der Waals surface area contributed by atoms with Gasteiger partial charge < -0.3 is 10.6 Å². The predicted molar refractivity (Wildman–Crippen MR) is 88.2 cm³/mol. The number of halogens is 1. The molecule has 1 saturated carbocycles. The molecule has 1 aliphatic heterocycles. The van der Waals surface area contributed by atoms with E-state index in [0.29, 0.717) is 18.5 Å². The molecular formula is C15H16IN3O3. The molecular weight excluding hydrogens is 397 g/mol. The largest absolute Gasteiger partial charge is 0.352 e. The number of carbonyl (C=O) groups excluding carboxylic acids is 3. The van der Waals surface area contributed by atoms with Crippen LogP contribution in [0.3, 0.4) is 0 Å². The Balaban J connectivity index is 1.69. The van der Waals surface area contributed by atoms with Crippen LogP contribution in [-0.2, 0) is 4.79 Å². The van der Waals surface area contributed by atoms with E-state index in [9.17, 15) is 14.4 Å². The number of imide groups is 1. The second kappa shape index (κ2) is 5.86. The summed E-state index contributed by atoms with van der Waals surface area (Å²) in [6.07, 6.45) is 2.28. The second-order valence-electron chi connectivity index (χ2n) is 5.66. The van der Waals surface area contributed by atoms with Crippen molar-refractivity contribution in [1.29, 1.82) is 0 Å². The molecule has 116 valence electrons. The number of hydrogen-bond acceptors (Lipinski definition) is 3. The Kier molecular flexibility index (Phi) is 4.07. The molecule has 22 heavy (non-hydrogen) atoms. The SMILES string of the molecule is O=C1NC(=O)[C@]2(CCC[C@@H]2CNC(=O)c2ccccc2I)N1. The average molecular weight is 413 g/mol. The molecule has 2 atom stereocenters. The third-order valence-corrected chi connectivity index (χ3v) is 5.36. The second-order valence-corrected chi connectivity index (χ2v) is 6.82. The van der Waals surface area contributed by atoms with Gasteiger partial charge in [-0.3, -0.25) is 14.9 Å². The highest BCUT2D eigenvalue weighted by molar-refractivity contribution is 14.1. The van der Waals surface area contributed by atoms with Gasteiger partial charge in [-0.2, -0.15) is 0 Å². The van der Waals surface area contributed by atoms with Crippen LogP contribution < -0.4 is 16.0 Å². The van der Waals surface area contributed by atoms with Gasteiger partial charge in [0, 0.05) is 16.0 Å². The number of hydrogen-bond donors (Lipinski definition) is 3. The van der Waals surface area contributed by atoms with Gasteiger partial charge in [0.2, 0.25) is 0 Å². The summed E-state index contributed by atoms with van der Waals surface area (Å²) in [6, 6.07) is 6.89. The van der Waals surface area contributed by atoms with Crippen molar-refractivity contribution < 1.29 is 14.4 Å². The van der Waals surface area contributed by atoms with Crippen LogP contribution in [-0.4, -0.2) is 29.9 Å². The molecule has 0 radical (unpaired) electrons. The first-order valence-corrected chi connectivity index (χ1v) is 8.27. The molecule has 1 spiro atoms. The molecule has 1 aliphatic carbocycles. The zero-order valence-corrected chi connectivity index (χ0v) is 14.0. The summed E-state index contributed by atoms with van der Waals surface area (Å²) in [6.45, 7) is 0.373. The molecule has 3 N–H and O–H groups in total. The van der Waals surface area contributed by atoms with Gasteiger partial charge in [-0.1, -0.05) is 18.6 Å². The topological polar surface area (TPSA) is 87.3 Å². The zero-order chi connectivity index (χ0) is 15.7. The fraction of sp³-hybridized carbons (Fsp3) is 0.400. The Morgan fingerprint density at radius 1 is 1.36 bits per heavy atom. The zero-order valence-electron chi connectivity index (χ0n) is 11.8. The van der Waals surface area contributed by atoms with E-state index in [1.165, 1.54) is 0 Å². The monoisotopic (exact) mass is 413 g/mol. The van der Waals surface area contributed by atoms with Crippen molar-refractivity contribution in [2.75, 3.05) is 6.54 Å². The standard InChI is InChI=1S/C15H16IN3O3/c16-11-6-2-1-5-10(11)12(20)17-8-9-4-3-7-15(9)13(21)18-14(22)19-15/h1-2,5-6,9H,3-4,7-8H2,(H,17,20)(H2,18,19,21,22)/t9-,15-/m1/s1. The normalized spacial score (nSPS) is 26.9. The molecule has 3 rings (SSSR count). The Hall–Kier alpha value is -1.64. The van der Waals surface area contributed by atoms with Gasteiger partial charge in [-0.25, -0.2) is 4.79 Å². The van der Waals surface area contributed by atoms with Gasteiger partial charge in [0.1, 0.15) is 5.54 Å². The van der Waals surface area contributed by atoms with Crippen LogP contribution in [0.4, 0.5) is 4.79 Å². The molecule has 1 aromatic carbocycles. The number of urea groups is 1. The van der Waals surface area contributed by atoms with Crippen LogP contribution >= 0.6 is 22.6 Å². The van der Waals surface area contributed by atoms with E-state index in [-0.39, 0.29) is 17.7 Å². The van der Waals surface area contributed by atoms with E-state index in [1.54, 1.807) is 6.07 Å². The number of rotatable bonds is 3. The number of benzene rings is 1. The van der Waals surface area contributed by atoms with Crippen molar-refractivity contribution in [3.05, 3.63) is 33.4 Å². The first-order valence-electron chi connectivity index (χ1n) is 7.19. The number of amides is 4. The molecule has 6 nitrogen and oxygen atoms in total. The molecule has 0 unspecified atom stereocenters. The molecule has 1 aromatic rings. The van der Waals surface area contributed by atoms with Gasteiger partial charge in [-0.05, 0) is 47.6 Å². The van der Waals surface area contributed by atoms with E-state index < -0.39 is 11.6 Å². The molecule has 0 bridgehead atoms. The summed E-state index contributed by atoms with van der Waals surface area (Å²) in [5, 5.41) is 7.95. The molecule has 1 saturated heterocycles. The minimum atomic E-state index is -0.853. The highest BCUT2D eigenvalue weighted by atomic mass is 127. The van der Waals surface area contributed by atoms with Gasteiger partial charge in [0.15, 0.2) is 0 Å². The summed E-state index contributed by atoms with van der Waals surface area (Å²) in [7, 11) is 0. The summed E-state index contributed by atoms with van der Waals surface area (Å²) >= 11 is 2.12. The third kappa shape index (κ3) is 2.57. The smallest absolute Gasteiger partial charge is 0.322 e. The van der Waals surface area contributed by atoms with E-state index >= 15 is 0 Å². The van der Waals surface area contributed by atoms with Crippen molar-refractivity contribution in [3.8, 4) is 0 Å². The molecule has 7 heteroatoms. The molecule has 0 aromatic heterocycles. The lowest BCUT2D eigenvalue weighted by molar-refractivity contribution is -0.125. The van der Waals surface area contributed by atoms with Crippen molar-refractivity contribution >= 4 is 40.4 Å². The van der Waals surface area contributed by atoms with Crippen LogP contribution in [0.1, 0.15) is 29.6 Å². The van der Waals surface area contributed by atoms with Gasteiger partial charge in [0.25, 0.3) is 11.8 Å². The van der Waals surface area contributed by atoms with Crippen LogP contribution in [0.2, 0.25) is 0 Å². The summed E-state index contributed by atoms with van der Waals surface area (Å²) in [5.74, 6) is -0.510. The average Bonchev–Trinajstić information content (AvgIpc) is 3.01. The van der Waals surface area contributed by atoms with Crippen LogP contribution in [0.5, 0.6) is 0 Å². The lowest BCUT2D eigenvalue weighted by atomic mass is 9.87. The maximum Gasteiger partial charge on any atom is 0.322 e. The Bertz CT molecular complexity index is 649. The maximum atomic E-state index is 12.3. The first kappa shape index (κ1) is 15.3. The van der Waals surface area contributed by atoms with Gasteiger partial charge >= 0.3 is 6.03 Å². The van der Waals surface area contributed by atoms with Crippen molar-refractivity contribution in [3.63, 3.8) is 0 Å². The Morgan fingerprint density at radius 2 is 2.14 bits per heavy atom. The molecule has 1 heterocycles. The number of carbonyl (C=O) groups is 3. The third-order valence-electron chi connectivity index (χ3n) is 4.42. The lowest BCUT2D eigenvalue weighted by Crippen LogP contribution is -2.53. The van der Waals surface area contributed by atoms with Crippen molar-refractivity contribution in [2.45, 2.75) is 24.8 Å². The minimum Gasteiger partial charge on any atom is -0.352 e. The minimum absolute atomic E-state index is 0.0794. The molecule has 2 fully saturated rings. The van der Waals surface area contributed by atoms with E-state index in [1.807, 2.05) is 18.2 Å². The summed E-state index contributed by atoms with van der Waals surface area (Å²) in [4.78, 5) is 35.8. The van der Waals surface area contributed by atoms with E-state index in [4.69, 9.17) is 0 Å². The fourth-order valence-electron chi connectivity index (χ4n) is 3.28. The van der Waals surface area contributed by atoms with E-state index in [0.717, 1.165) is 16.4 Å². The highest BCUT2D eigenvalue weighted by Crippen LogP contribution is 2.37. The van der Waals surface area contributed by atoms with Gasteiger partial charge in [-0.15, -0.1) is 0 Å². The van der Waals surface area contributed by atoms with Crippen LogP contribution in [0.15, 0.2) is 24.3 Å².